The standard InChI is InChI=1S/C9H21N3O2S.ClH/c1-8(2)11-15(13,14)12-6-4-5-9(7-12)10-3;/h8-11H,4-7H2,1-3H3;1H. The summed E-state index contributed by atoms with van der Waals surface area (Å²) in [5, 5.41) is 3.13. The first kappa shape index (κ1) is 16.1. The molecule has 16 heavy (non-hydrogen) atoms. The molecule has 1 saturated heterocycles. The van der Waals surface area contributed by atoms with E-state index in [-0.39, 0.29) is 24.5 Å². The number of halogens is 1. The van der Waals surface area contributed by atoms with E-state index in [1.165, 1.54) is 4.31 Å². The number of nitrogens with one attached hydrogen (secondary N) is 2. The molecule has 1 rings (SSSR count). The molecule has 7 heteroatoms. The minimum absolute atomic E-state index is 0. The number of piperidine rings is 1. The molecule has 5 nitrogen and oxygen atoms in total. The van der Waals surface area contributed by atoms with Crippen LogP contribution < -0.4 is 10.0 Å². The van der Waals surface area contributed by atoms with Gasteiger partial charge in [-0.25, -0.2) is 0 Å². The Morgan fingerprint density at radius 1 is 1.38 bits per heavy atom. The molecule has 0 saturated carbocycles. The van der Waals surface area contributed by atoms with Gasteiger partial charge in [-0.2, -0.15) is 17.4 Å². The van der Waals surface area contributed by atoms with Crippen LogP contribution in [0.15, 0.2) is 0 Å². The number of nitrogens with zero attached hydrogens (tertiary/aromatic N) is 1. The molecule has 0 spiro atoms. The van der Waals surface area contributed by atoms with Gasteiger partial charge in [0.15, 0.2) is 0 Å². The van der Waals surface area contributed by atoms with E-state index in [1.54, 1.807) is 0 Å². The average molecular weight is 272 g/mol. The molecule has 0 radical (unpaired) electrons. The first-order valence-corrected chi connectivity index (χ1v) is 6.84. The topological polar surface area (TPSA) is 61.4 Å². The molecule has 0 aromatic heterocycles. The van der Waals surface area contributed by atoms with E-state index in [0.29, 0.717) is 13.1 Å². The molecule has 1 unspecified atom stereocenters. The Balaban J connectivity index is 0.00000225. The lowest BCUT2D eigenvalue weighted by molar-refractivity contribution is 0.288. The summed E-state index contributed by atoms with van der Waals surface area (Å²) < 4.78 is 27.8. The molecule has 1 heterocycles. The van der Waals surface area contributed by atoms with E-state index in [4.69, 9.17) is 0 Å². The Hall–Kier alpha value is 0.120. The Labute approximate surface area is 105 Å². The van der Waals surface area contributed by atoms with Crippen molar-refractivity contribution in [1.29, 1.82) is 0 Å². The highest BCUT2D eigenvalue weighted by Gasteiger charge is 2.28. The van der Waals surface area contributed by atoms with Gasteiger partial charge >= 0.3 is 0 Å². The van der Waals surface area contributed by atoms with E-state index < -0.39 is 10.2 Å². The Morgan fingerprint density at radius 2 is 2.00 bits per heavy atom. The van der Waals surface area contributed by atoms with Crippen LogP contribution in [0.3, 0.4) is 0 Å². The number of hydrogen-bond donors (Lipinski definition) is 2. The van der Waals surface area contributed by atoms with Gasteiger partial charge in [0.05, 0.1) is 0 Å². The maximum atomic E-state index is 11.8. The summed E-state index contributed by atoms with van der Waals surface area (Å²) in [5.41, 5.74) is 0. The molecule has 1 aliphatic heterocycles. The third-order valence-electron chi connectivity index (χ3n) is 2.52. The maximum absolute atomic E-state index is 11.8. The molecule has 0 bridgehead atoms. The van der Waals surface area contributed by atoms with Crippen LogP contribution in [0.1, 0.15) is 26.7 Å². The Kier molecular flexibility index (Phi) is 6.81. The van der Waals surface area contributed by atoms with Crippen LogP contribution in [0.25, 0.3) is 0 Å². The normalized spacial score (nSPS) is 23.1. The smallest absolute Gasteiger partial charge is 0.279 e. The average Bonchev–Trinajstić information content (AvgIpc) is 2.16. The summed E-state index contributed by atoms with van der Waals surface area (Å²) >= 11 is 0. The fourth-order valence-corrected chi connectivity index (χ4v) is 3.26. The van der Waals surface area contributed by atoms with Crippen LogP contribution in [0.5, 0.6) is 0 Å². The molecule has 1 atom stereocenters. The summed E-state index contributed by atoms with van der Waals surface area (Å²) in [6.07, 6.45) is 1.97. The van der Waals surface area contributed by atoms with Crippen molar-refractivity contribution in [2.45, 2.75) is 38.8 Å². The number of likely N-dealkylation sites (N-methyl/N-ethyl adjacent to an activating group) is 1. The number of hydrogen-bond acceptors (Lipinski definition) is 3. The first-order valence-electron chi connectivity index (χ1n) is 5.40. The van der Waals surface area contributed by atoms with Crippen LogP contribution in [0, 0.1) is 0 Å². The van der Waals surface area contributed by atoms with Gasteiger partial charge in [0.2, 0.25) is 0 Å². The first-order chi connectivity index (χ1) is 6.95. The van der Waals surface area contributed by atoms with Crippen LogP contribution in [-0.4, -0.2) is 44.9 Å². The molecular weight excluding hydrogens is 250 g/mol. The second-order valence-electron chi connectivity index (χ2n) is 4.26. The second-order valence-corrected chi connectivity index (χ2v) is 5.97. The minimum atomic E-state index is -3.28. The van der Waals surface area contributed by atoms with Gasteiger partial charge in [0.1, 0.15) is 0 Å². The fraction of sp³-hybridized carbons (Fsp3) is 1.00. The number of rotatable bonds is 4. The molecular formula is C9H22ClN3O2S. The zero-order valence-electron chi connectivity index (χ0n) is 10.1. The Morgan fingerprint density at radius 3 is 2.50 bits per heavy atom. The van der Waals surface area contributed by atoms with Gasteiger partial charge in [-0.05, 0) is 33.7 Å². The highest BCUT2D eigenvalue weighted by Crippen LogP contribution is 2.12. The highest BCUT2D eigenvalue weighted by molar-refractivity contribution is 7.87. The zero-order chi connectivity index (χ0) is 11.5. The lowest BCUT2D eigenvalue weighted by Crippen LogP contribution is -2.51. The molecule has 2 N–H and O–H groups in total. The van der Waals surface area contributed by atoms with Gasteiger partial charge in [0, 0.05) is 25.2 Å². The van der Waals surface area contributed by atoms with Crippen molar-refractivity contribution < 1.29 is 8.42 Å². The summed E-state index contributed by atoms with van der Waals surface area (Å²) in [6.45, 7) is 4.85. The monoisotopic (exact) mass is 271 g/mol. The van der Waals surface area contributed by atoms with Gasteiger partial charge in [-0.3, -0.25) is 0 Å². The quantitative estimate of drug-likeness (QED) is 0.775. The summed E-state index contributed by atoms with van der Waals surface area (Å²) in [6, 6.07) is 0.229. The lowest BCUT2D eigenvalue weighted by Gasteiger charge is -2.32. The van der Waals surface area contributed by atoms with Crippen molar-refractivity contribution in [3.63, 3.8) is 0 Å². The SMILES string of the molecule is CNC1CCCN(S(=O)(=O)NC(C)C)C1.Cl. The van der Waals surface area contributed by atoms with Crippen molar-refractivity contribution in [1.82, 2.24) is 14.3 Å². The second kappa shape index (κ2) is 6.76. The fourth-order valence-electron chi connectivity index (χ4n) is 1.77. The van der Waals surface area contributed by atoms with Crippen LogP contribution >= 0.6 is 12.4 Å². The van der Waals surface area contributed by atoms with Crippen LogP contribution in [0.2, 0.25) is 0 Å². The van der Waals surface area contributed by atoms with Crippen molar-refractivity contribution >= 4 is 22.6 Å². The van der Waals surface area contributed by atoms with Gasteiger partial charge in [-0.1, -0.05) is 0 Å². The van der Waals surface area contributed by atoms with Gasteiger partial charge in [-0.15, -0.1) is 12.4 Å². The van der Waals surface area contributed by atoms with Gasteiger partial charge in [0.25, 0.3) is 10.2 Å². The molecule has 0 aliphatic carbocycles. The molecule has 0 aromatic carbocycles. The Bertz CT molecular complexity index is 295. The predicted molar refractivity (Wildman–Crippen MR) is 68.1 cm³/mol. The molecule has 1 aliphatic rings. The van der Waals surface area contributed by atoms with Crippen LogP contribution in [-0.2, 0) is 10.2 Å². The van der Waals surface area contributed by atoms with Crippen molar-refractivity contribution in [3.05, 3.63) is 0 Å². The zero-order valence-corrected chi connectivity index (χ0v) is 11.7. The molecule has 1 fully saturated rings. The molecule has 0 amide bonds. The van der Waals surface area contributed by atoms with E-state index in [2.05, 4.69) is 10.0 Å². The largest absolute Gasteiger partial charge is 0.316 e. The minimum Gasteiger partial charge on any atom is -0.316 e. The summed E-state index contributed by atoms with van der Waals surface area (Å²) in [4.78, 5) is 0. The van der Waals surface area contributed by atoms with E-state index in [1.807, 2.05) is 20.9 Å². The third kappa shape index (κ3) is 4.55. The summed E-state index contributed by atoms with van der Waals surface area (Å²) in [5.74, 6) is 0. The third-order valence-corrected chi connectivity index (χ3v) is 4.30. The van der Waals surface area contributed by atoms with E-state index >= 15 is 0 Å². The lowest BCUT2D eigenvalue weighted by atomic mass is 10.1. The van der Waals surface area contributed by atoms with E-state index in [0.717, 1.165) is 12.8 Å². The molecule has 0 aromatic rings. The predicted octanol–water partition coefficient (Wildman–Crippen LogP) is 0.335. The summed E-state index contributed by atoms with van der Waals surface area (Å²) in [7, 11) is -1.41. The molecule has 98 valence electrons. The highest BCUT2D eigenvalue weighted by atomic mass is 35.5. The van der Waals surface area contributed by atoms with Crippen molar-refractivity contribution in [2.24, 2.45) is 0 Å². The van der Waals surface area contributed by atoms with Crippen LogP contribution in [0.4, 0.5) is 0 Å². The maximum Gasteiger partial charge on any atom is 0.279 e. The van der Waals surface area contributed by atoms with Crippen molar-refractivity contribution in [2.75, 3.05) is 20.1 Å². The van der Waals surface area contributed by atoms with E-state index in [9.17, 15) is 8.42 Å². The van der Waals surface area contributed by atoms with Gasteiger partial charge < -0.3 is 5.32 Å². The van der Waals surface area contributed by atoms with Crippen molar-refractivity contribution in [3.8, 4) is 0 Å².